The van der Waals surface area contributed by atoms with Gasteiger partial charge in [-0.3, -0.25) is 9.36 Å². The minimum atomic E-state index is -0.252. The van der Waals surface area contributed by atoms with Gasteiger partial charge in [0.05, 0.1) is 5.75 Å². The maximum Gasteiger partial charge on any atom is 0.343 e. The highest BCUT2D eigenvalue weighted by atomic mass is 32.2. The molecular formula is C20H22N4O2S. The van der Waals surface area contributed by atoms with E-state index in [1.165, 1.54) is 17.3 Å². The quantitative estimate of drug-likeness (QED) is 0.557. The van der Waals surface area contributed by atoms with Crippen LogP contribution in [0.3, 0.4) is 0 Å². The molecule has 2 N–H and O–H groups in total. The number of aromatic amines is 1. The Morgan fingerprint density at radius 1 is 1.00 bits per heavy atom. The van der Waals surface area contributed by atoms with Crippen LogP contribution >= 0.6 is 11.8 Å². The maximum absolute atomic E-state index is 12.0. The average Bonchev–Trinajstić information content (AvgIpc) is 3.06. The Hall–Kier alpha value is -2.80. The maximum atomic E-state index is 12.0. The first-order valence-electron chi connectivity index (χ1n) is 8.85. The van der Waals surface area contributed by atoms with Crippen LogP contribution in [0.1, 0.15) is 11.1 Å². The molecule has 0 saturated carbocycles. The summed E-state index contributed by atoms with van der Waals surface area (Å²) < 4.78 is 1.58. The Morgan fingerprint density at radius 2 is 1.63 bits per heavy atom. The number of aromatic nitrogens is 3. The summed E-state index contributed by atoms with van der Waals surface area (Å²) >= 11 is 1.27. The molecule has 0 saturated heterocycles. The van der Waals surface area contributed by atoms with E-state index < -0.39 is 0 Å². The first-order chi connectivity index (χ1) is 13.2. The van der Waals surface area contributed by atoms with E-state index in [9.17, 15) is 9.59 Å². The van der Waals surface area contributed by atoms with Crippen LogP contribution in [-0.4, -0.2) is 33.0 Å². The van der Waals surface area contributed by atoms with Crippen molar-refractivity contribution in [3.8, 4) is 0 Å². The smallest absolute Gasteiger partial charge is 0.343 e. The van der Waals surface area contributed by atoms with Crippen LogP contribution in [0.5, 0.6) is 0 Å². The standard InChI is InChI=1S/C20H22N4O2S/c25-18(21-13-11-16-7-3-1-4-8-16)15-27-20-23-22-19(26)24(20)14-12-17-9-5-2-6-10-17/h1-10H,11-15H2,(H,21,25)(H,22,26). The summed E-state index contributed by atoms with van der Waals surface area (Å²) in [4.78, 5) is 24.0. The zero-order valence-corrected chi connectivity index (χ0v) is 15.7. The van der Waals surface area contributed by atoms with E-state index in [0.29, 0.717) is 18.2 Å². The SMILES string of the molecule is O=C(CSc1n[nH]c(=O)n1CCc1ccccc1)NCCc1ccccc1. The summed E-state index contributed by atoms with van der Waals surface area (Å²) in [5, 5.41) is 9.94. The lowest BCUT2D eigenvalue weighted by molar-refractivity contribution is -0.118. The Labute approximate surface area is 162 Å². The third-order valence-corrected chi connectivity index (χ3v) is 5.08. The molecule has 0 bridgehead atoms. The van der Waals surface area contributed by atoms with E-state index in [4.69, 9.17) is 0 Å². The van der Waals surface area contributed by atoms with Gasteiger partial charge in [-0.05, 0) is 24.0 Å². The van der Waals surface area contributed by atoms with E-state index in [0.717, 1.165) is 18.4 Å². The van der Waals surface area contributed by atoms with Gasteiger partial charge in [-0.15, -0.1) is 5.10 Å². The molecule has 0 aliphatic carbocycles. The number of carbonyl (C=O) groups excluding carboxylic acids is 1. The molecule has 3 rings (SSSR count). The van der Waals surface area contributed by atoms with Crippen LogP contribution in [0.15, 0.2) is 70.6 Å². The van der Waals surface area contributed by atoms with Gasteiger partial charge in [0.15, 0.2) is 5.16 Å². The summed E-state index contributed by atoms with van der Waals surface area (Å²) in [7, 11) is 0. The molecule has 0 unspecified atom stereocenters. The number of carbonyl (C=O) groups is 1. The number of benzene rings is 2. The Balaban J connectivity index is 1.46. The molecule has 0 spiro atoms. The van der Waals surface area contributed by atoms with E-state index in [1.807, 2.05) is 60.7 Å². The molecule has 1 amide bonds. The number of thioether (sulfide) groups is 1. The van der Waals surface area contributed by atoms with Crippen LogP contribution in [0, 0.1) is 0 Å². The number of H-pyrrole nitrogens is 1. The molecule has 27 heavy (non-hydrogen) atoms. The molecule has 3 aromatic rings. The monoisotopic (exact) mass is 382 g/mol. The zero-order chi connectivity index (χ0) is 18.9. The molecule has 0 aliphatic rings. The number of nitrogens with one attached hydrogen (secondary N) is 2. The van der Waals surface area contributed by atoms with Crippen molar-refractivity contribution in [1.29, 1.82) is 0 Å². The Bertz CT molecular complexity index is 906. The van der Waals surface area contributed by atoms with Crippen LogP contribution in [0.4, 0.5) is 0 Å². The fraction of sp³-hybridized carbons (Fsp3) is 0.250. The second-order valence-corrected chi connectivity index (χ2v) is 7.02. The normalized spacial score (nSPS) is 10.7. The van der Waals surface area contributed by atoms with Crippen molar-refractivity contribution in [3.05, 3.63) is 82.3 Å². The molecule has 6 nitrogen and oxygen atoms in total. The van der Waals surface area contributed by atoms with Crippen molar-refractivity contribution in [2.24, 2.45) is 0 Å². The Kier molecular flexibility index (Phi) is 6.87. The molecule has 7 heteroatoms. The number of rotatable bonds is 9. The highest BCUT2D eigenvalue weighted by Crippen LogP contribution is 2.13. The van der Waals surface area contributed by atoms with Gasteiger partial charge < -0.3 is 5.32 Å². The lowest BCUT2D eigenvalue weighted by Gasteiger charge is -2.07. The molecule has 0 aliphatic heterocycles. The van der Waals surface area contributed by atoms with Crippen LogP contribution < -0.4 is 11.0 Å². The van der Waals surface area contributed by atoms with Gasteiger partial charge in [0.1, 0.15) is 0 Å². The van der Waals surface area contributed by atoms with E-state index in [-0.39, 0.29) is 17.3 Å². The minimum Gasteiger partial charge on any atom is -0.355 e. The number of aryl methyl sites for hydroxylation is 1. The zero-order valence-electron chi connectivity index (χ0n) is 14.9. The van der Waals surface area contributed by atoms with Crippen molar-refractivity contribution in [2.45, 2.75) is 24.5 Å². The number of nitrogens with zero attached hydrogens (tertiary/aromatic N) is 2. The molecule has 0 atom stereocenters. The summed E-state index contributed by atoms with van der Waals surface area (Å²) in [6, 6.07) is 20.0. The summed E-state index contributed by atoms with van der Waals surface area (Å²) in [5.74, 6) is 0.158. The Morgan fingerprint density at radius 3 is 2.30 bits per heavy atom. The van der Waals surface area contributed by atoms with Gasteiger partial charge >= 0.3 is 5.69 Å². The van der Waals surface area contributed by atoms with Crippen molar-refractivity contribution in [1.82, 2.24) is 20.1 Å². The fourth-order valence-electron chi connectivity index (χ4n) is 2.67. The van der Waals surface area contributed by atoms with Gasteiger partial charge in [-0.1, -0.05) is 72.4 Å². The topological polar surface area (TPSA) is 79.8 Å². The average molecular weight is 382 g/mol. The summed E-state index contributed by atoms with van der Waals surface area (Å²) in [6.45, 7) is 1.11. The van der Waals surface area contributed by atoms with Crippen LogP contribution in [0.2, 0.25) is 0 Å². The van der Waals surface area contributed by atoms with Crippen molar-refractivity contribution in [3.63, 3.8) is 0 Å². The van der Waals surface area contributed by atoms with Crippen LogP contribution in [0.25, 0.3) is 0 Å². The largest absolute Gasteiger partial charge is 0.355 e. The van der Waals surface area contributed by atoms with Crippen molar-refractivity contribution in [2.75, 3.05) is 12.3 Å². The second kappa shape index (κ2) is 9.78. The highest BCUT2D eigenvalue weighted by Gasteiger charge is 2.11. The second-order valence-electron chi connectivity index (χ2n) is 6.07. The third kappa shape index (κ3) is 5.86. The molecule has 140 valence electrons. The summed E-state index contributed by atoms with van der Waals surface area (Å²) in [6.07, 6.45) is 1.53. The van der Waals surface area contributed by atoms with Gasteiger partial charge in [0, 0.05) is 13.1 Å². The lowest BCUT2D eigenvalue weighted by Crippen LogP contribution is -2.27. The lowest BCUT2D eigenvalue weighted by atomic mass is 10.1. The third-order valence-electron chi connectivity index (χ3n) is 4.10. The van der Waals surface area contributed by atoms with E-state index >= 15 is 0 Å². The molecule has 2 aromatic carbocycles. The van der Waals surface area contributed by atoms with Gasteiger partial charge in [-0.25, -0.2) is 9.89 Å². The number of hydrogen-bond donors (Lipinski definition) is 2. The minimum absolute atomic E-state index is 0.0685. The van der Waals surface area contributed by atoms with Crippen LogP contribution in [-0.2, 0) is 24.2 Å². The van der Waals surface area contributed by atoms with Gasteiger partial charge in [-0.2, -0.15) is 0 Å². The summed E-state index contributed by atoms with van der Waals surface area (Å²) in [5.41, 5.74) is 2.09. The van der Waals surface area contributed by atoms with Gasteiger partial charge in [0.25, 0.3) is 0 Å². The first-order valence-corrected chi connectivity index (χ1v) is 9.83. The van der Waals surface area contributed by atoms with Crippen molar-refractivity contribution >= 4 is 17.7 Å². The first kappa shape index (κ1) is 19.0. The number of amides is 1. The fourth-order valence-corrected chi connectivity index (χ4v) is 3.47. The van der Waals surface area contributed by atoms with E-state index in [2.05, 4.69) is 15.5 Å². The highest BCUT2D eigenvalue weighted by molar-refractivity contribution is 7.99. The molecule has 1 aromatic heterocycles. The van der Waals surface area contributed by atoms with Crippen molar-refractivity contribution < 1.29 is 4.79 Å². The molecular weight excluding hydrogens is 360 g/mol. The predicted molar refractivity (Wildman–Crippen MR) is 107 cm³/mol. The molecule has 1 heterocycles. The number of hydrogen-bond acceptors (Lipinski definition) is 4. The predicted octanol–water partition coefficient (Wildman–Crippen LogP) is 2.27. The van der Waals surface area contributed by atoms with Gasteiger partial charge in [0.2, 0.25) is 5.91 Å². The molecule has 0 fully saturated rings. The van der Waals surface area contributed by atoms with E-state index in [1.54, 1.807) is 4.57 Å². The molecule has 0 radical (unpaired) electrons.